The van der Waals surface area contributed by atoms with Gasteiger partial charge in [-0.1, -0.05) is 26.0 Å². The SMILES string of the molecule is CC(C)CN1CCN(Cc2nc(C(=O)Nc3cc(-c4cccc5[nH]ccc45)cc4[nH]ncc34)cs2)CC1.O=CO. The zero-order valence-electron chi connectivity index (χ0n) is 22.6. The number of anilines is 1. The normalized spacial score (nSPS) is 14.4. The predicted octanol–water partition coefficient (Wildman–Crippen LogP) is 4.89. The van der Waals surface area contributed by atoms with Crippen LogP contribution >= 0.6 is 11.3 Å². The van der Waals surface area contributed by atoms with Gasteiger partial charge in [0.25, 0.3) is 12.4 Å². The lowest BCUT2D eigenvalue weighted by molar-refractivity contribution is -0.122. The van der Waals surface area contributed by atoms with Crippen molar-refractivity contribution in [3.8, 4) is 11.1 Å². The number of nitrogens with zero attached hydrogens (tertiary/aromatic N) is 4. The van der Waals surface area contributed by atoms with Gasteiger partial charge >= 0.3 is 0 Å². The molecule has 0 radical (unpaired) electrons. The Kier molecular flexibility index (Phi) is 8.54. The van der Waals surface area contributed by atoms with Crippen molar-refractivity contribution in [3.63, 3.8) is 0 Å². The van der Waals surface area contributed by atoms with E-state index in [0.717, 1.165) is 82.9 Å². The van der Waals surface area contributed by atoms with Crippen LogP contribution in [0.3, 0.4) is 0 Å². The maximum Gasteiger partial charge on any atom is 0.290 e. The highest BCUT2D eigenvalue weighted by Crippen LogP contribution is 2.34. The number of amides is 1. The van der Waals surface area contributed by atoms with E-state index in [1.165, 1.54) is 0 Å². The van der Waals surface area contributed by atoms with Crippen LogP contribution in [0, 0.1) is 5.92 Å². The number of nitrogens with one attached hydrogen (secondary N) is 3. The lowest BCUT2D eigenvalue weighted by Gasteiger charge is -2.35. The number of hydrogen-bond acceptors (Lipinski definition) is 7. The van der Waals surface area contributed by atoms with E-state index in [2.05, 4.69) is 73.4 Å². The highest BCUT2D eigenvalue weighted by Gasteiger charge is 2.20. The number of carbonyl (C=O) groups is 2. The number of aromatic amines is 2. The maximum atomic E-state index is 13.2. The molecule has 1 saturated heterocycles. The summed E-state index contributed by atoms with van der Waals surface area (Å²) in [5.74, 6) is 0.488. The Labute approximate surface area is 236 Å². The number of H-pyrrole nitrogens is 2. The Bertz CT molecular complexity index is 1600. The minimum absolute atomic E-state index is 0.205. The molecule has 3 aromatic heterocycles. The average molecular weight is 560 g/mol. The fourth-order valence-electron chi connectivity index (χ4n) is 5.16. The number of fused-ring (bicyclic) bond motifs is 2. The van der Waals surface area contributed by atoms with E-state index < -0.39 is 0 Å². The van der Waals surface area contributed by atoms with Crippen molar-refractivity contribution in [1.82, 2.24) is 30.0 Å². The van der Waals surface area contributed by atoms with Crippen LogP contribution in [0.25, 0.3) is 32.9 Å². The largest absolute Gasteiger partial charge is 0.483 e. The van der Waals surface area contributed by atoms with Crippen molar-refractivity contribution in [1.29, 1.82) is 0 Å². The molecule has 0 aliphatic carbocycles. The van der Waals surface area contributed by atoms with Crippen molar-refractivity contribution in [3.05, 3.63) is 64.9 Å². The maximum absolute atomic E-state index is 13.2. The topological polar surface area (TPSA) is 130 Å². The molecule has 6 rings (SSSR count). The van der Waals surface area contributed by atoms with Crippen molar-refractivity contribution >= 4 is 51.2 Å². The summed E-state index contributed by atoms with van der Waals surface area (Å²) in [6, 6.07) is 12.3. The third-order valence-corrected chi connectivity index (χ3v) is 7.78. The zero-order chi connectivity index (χ0) is 28.1. The molecule has 11 heteroatoms. The van der Waals surface area contributed by atoms with Gasteiger partial charge in [0.2, 0.25) is 0 Å². The fraction of sp³-hybridized carbons (Fsp3) is 0.310. The zero-order valence-corrected chi connectivity index (χ0v) is 23.4. The second kappa shape index (κ2) is 12.4. The van der Waals surface area contributed by atoms with Crippen LogP contribution < -0.4 is 5.32 Å². The number of rotatable bonds is 7. The van der Waals surface area contributed by atoms with Gasteiger partial charge in [-0.15, -0.1) is 11.3 Å². The molecule has 208 valence electrons. The van der Waals surface area contributed by atoms with Crippen LogP contribution in [-0.4, -0.2) is 80.2 Å². The van der Waals surface area contributed by atoms with Gasteiger partial charge in [0, 0.05) is 60.6 Å². The number of hydrogen-bond donors (Lipinski definition) is 4. The molecule has 0 spiro atoms. The fourth-order valence-corrected chi connectivity index (χ4v) is 5.97. The smallest absolute Gasteiger partial charge is 0.290 e. The summed E-state index contributed by atoms with van der Waals surface area (Å²) in [7, 11) is 0. The molecule has 0 atom stereocenters. The molecule has 2 aromatic carbocycles. The van der Waals surface area contributed by atoms with Crippen molar-refractivity contribution in [2.75, 3.05) is 38.0 Å². The lowest BCUT2D eigenvalue weighted by atomic mass is 9.99. The molecule has 10 nitrogen and oxygen atoms in total. The minimum Gasteiger partial charge on any atom is -0.483 e. The van der Waals surface area contributed by atoms with Gasteiger partial charge in [0.1, 0.15) is 10.7 Å². The first-order valence-corrected chi connectivity index (χ1v) is 14.1. The van der Waals surface area contributed by atoms with Crippen LogP contribution in [0.5, 0.6) is 0 Å². The Hall–Kier alpha value is -4.06. The Balaban J connectivity index is 0.00000103. The van der Waals surface area contributed by atoms with Gasteiger partial charge in [0.05, 0.1) is 23.9 Å². The van der Waals surface area contributed by atoms with E-state index in [4.69, 9.17) is 9.90 Å². The van der Waals surface area contributed by atoms with E-state index in [1.54, 1.807) is 17.5 Å². The molecule has 1 fully saturated rings. The monoisotopic (exact) mass is 559 g/mol. The van der Waals surface area contributed by atoms with Crippen LogP contribution in [-0.2, 0) is 11.3 Å². The highest BCUT2D eigenvalue weighted by molar-refractivity contribution is 7.09. The first-order chi connectivity index (χ1) is 19.4. The minimum atomic E-state index is -0.250. The molecule has 5 aromatic rings. The number of carboxylic acid groups (broad SMARTS) is 1. The average Bonchev–Trinajstić information content (AvgIpc) is 3.70. The molecule has 1 aliphatic heterocycles. The summed E-state index contributed by atoms with van der Waals surface area (Å²) in [4.78, 5) is 34.5. The van der Waals surface area contributed by atoms with Gasteiger partial charge in [0.15, 0.2) is 0 Å². The van der Waals surface area contributed by atoms with E-state index in [1.807, 2.05) is 23.7 Å². The van der Waals surface area contributed by atoms with Gasteiger partial charge in [-0.25, -0.2) is 4.98 Å². The Morgan fingerprint density at radius 2 is 1.90 bits per heavy atom. The second-order valence-corrected chi connectivity index (χ2v) is 11.2. The summed E-state index contributed by atoms with van der Waals surface area (Å²) in [5.41, 5.74) is 5.21. The summed E-state index contributed by atoms with van der Waals surface area (Å²) >= 11 is 1.55. The van der Waals surface area contributed by atoms with Gasteiger partial charge in [-0.2, -0.15) is 5.10 Å². The number of aromatic nitrogens is 4. The molecular weight excluding hydrogens is 526 g/mol. The van der Waals surface area contributed by atoms with Crippen LogP contribution in [0.2, 0.25) is 0 Å². The van der Waals surface area contributed by atoms with Crippen LogP contribution in [0.4, 0.5) is 5.69 Å². The second-order valence-electron chi connectivity index (χ2n) is 10.3. The van der Waals surface area contributed by atoms with Crippen molar-refractivity contribution in [2.24, 2.45) is 5.92 Å². The summed E-state index contributed by atoms with van der Waals surface area (Å²) in [5, 5.41) is 22.1. The van der Waals surface area contributed by atoms with E-state index in [0.29, 0.717) is 11.6 Å². The quantitative estimate of drug-likeness (QED) is 0.209. The molecular formula is C29H33N7O3S. The summed E-state index contributed by atoms with van der Waals surface area (Å²) in [6.07, 6.45) is 3.69. The first-order valence-electron chi connectivity index (χ1n) is 13.3. The summed E-state index contributed by atoms with van der Waals surface area (Å²) < 4.78 is 0. The van der Waals surface area contributed by atoms with E-state index >= 15 is 0 Å². The third kappa shape index (κ3) is 6.22. The molecule has 4 N–H and O–H groups in total. The molecule has 0 saturated carbocycles. The van der Waals surface area contributed by atoms with Crippen molar-refractivity contribution < 1.29 is 14.7 Å². The molecule has 0 unspecified atom stereocenters. The highest BCUT2D eigenvalue weighted by atomic mass is 32.1. The number of carbonyl (C=O) groups excluding carboxylic acids is 1. The predicted molar refractivity (Wildman–Crippen MR) is 159 cm³/mol. The Morgan fingerprint density at radius 3 is 2.67 bits per heavy atom. The van der Waals surface area contributed by atoms with E-state index in [9.17, 15) is 4.79 Å². The van der Waals surface area contributed by atoms with Crippen molar-refractivity contribution in [2.45, 2.75) is 20.4 Å². The number of piperazine rings is 1. The molecule has 1 amide bonds. The Morgan fingerprint density at radius 1 is 1.12 bits per heavy atom. The van der Waals surface area contributed by atoms with E-state index in [-0.39, 0.29) is 12.4 Å². The van der Waals surface area contributed by atoms with Crippen LogP contribution in [0.15, 0.2) is 54.2 Å². The molecule has 4 heterocycles. The molecule has 40 heavy (non-hydrogen) atoms. The summed E-state index contributed by atoms with van der Waals surface area (Å²) in [6.45, 7) is 10.5. The molecule has 0 bridgehead atoms. The molecule has 1 aliphatic rings. The third-order valence-electron chi connectivity index (χ3n) is 6.94. The number of thiazole rings is 1. The van der Waals surface area contributed by atoms with Gasteiger partial charge in [-0.3, -0.25) is 19.6 Å². The first kappa shape index (κ1) is 27.5. The van der Waals surface area contributed by atoms with Crippen LogP contribution in [0.1, 0.15) is 29.3 Å². The van der Waals surface area contributed by atoms with Gasteiger partial charge in [-0.05, 0) is 41.3 Å². The lowest BCUT2D eigenvalue weighted by Crippen LogP contribution is -2.46. The standard InChI is InChI=1S/C28H31N7OS.CH2O2/c1-18(2)15-34-8-10-35(11-9-34)16-27-31-26(17-37-27)28(36)32-24-12-19(13-25-22(24)14-30-33-25)20-4-3-5-23-21(20)6-7-29-23;2-1-3/h3-7,12-14,17-18,29H,8-11,15-16H2,1-2H3,(H,30,33)(H,32,36);1H,(H,2,3). The number of benzene rings is 2. The van der Waals surface area contributed by atoms with Gasteiger partial charge < -0.3 is 20.3 Å².